The molecule has 1 N–H and O–H groups in total. The molecule has 0 bridgehead atoms. The van der Waals surface area contributed by atoms with Crippen LogP contribution in [0.5, 0.6) is 5.75 Å². The molecule has 0 fully saturated rings. The van der Waals surface area contributed by atoms with Crippen molar-refractivity contribution in [3.63, 3.8) is 0 Å². The van der Waals surface area contributed by atoms with Crippen molar-refractivity contribution in [1.29, 1.82) is 0 Å². The van der Waals surface area contributed by atoms with E-state index in [-0.39, 0.29) is 0 Å². The normalized spacial score (nSPS) is 17.0. The van der Waals surface area contributed by atoms with Crippen LogP contribution in [0, 0.1) is 0 Å². The van der Waals surface area contributed by atoms with Crippen LogP contribution >= 0.6 is 0 Å². The largest absolute Gasteiger partial charge is 0.494 e. The van der Waals surface area contributed by atoms with Gasteiger partial charge in [0.15, 0.2) is 0 Å². The van der Waals surface area contributed by atoms with Crippen molar-refractivity contribution in [3.05, 3.63) is 47.8 Å². The summed E-state index contributed by atoms with van der Waals surface area (Å²) < 4.78 is 5.54. The Morgan fingerprint density at radius 3 is 2.79 bits per heavy atom. The van der Waals surface area contributed by atoms with E-state index in [1.54, 1.807) is 12.4 Å². The fourth-order valence-electron chi connectivity index (χ4n) is 2.51. The number of hydrogen-bond acceptors (Lipinski definition) is 4. The third-order valence-electron chi connectivity index (χ3n) is 3.32. The second kappa shape index (κ2) is 5.26. The monoisotopic (exact) mass is 255 g/mol. The molecule has 1 atom stereocenters. The summed E-state index contributed by atoms with van der Waals surface area (Å²) in [6.45, 7) is 2.71. The van der Waals surface area contributed by atoms with Crippen molar-refractivity contribution in [2.45, 2.75) is 25.8 Å². The van der Waals surface area contributed by atoms with E-state index in [1.807, 2.05) is 19.1 Å². The maximum atomic E-state index is 5.54. The highest BCUT2D eigenvalue weighted by molar-refractivity contribution is 5.42. The zero-order valence-electron chi connectivity index (χ0n) is 11.0. The van der Waals surface area contributed by atoms with E-state index in [9.17, 15) is 0 Å². The summed E-state index contributed by atoms with van der Waals surface area (Å²) in [6, 6.07) is 8.54. The van der Waals surface area contributed by atoms with Crippen molar-refractivity contribution in [1.82, 2.24) is 9.97 Å². The van der Waals surface area contributed by atoms with Gasteiger partial charge in [-0.2, -0.15) is 0 Å². The molecule has 1 aliphatic carbocycles. The number of ether oxygens (including phenoxy) is 1. The minimum Gasteiger partial charge on any atom is -0.494 e. The highest BCUT2D eigenvalue weighted by Crippen LogP contribution is 2.27. The summed E-state index contributed by atoms with van der Waals surface area (Å²) in [6.07, 6.45) is 5.52. The van der Waals surface area contributed by atoms with E-state index in [2.05, 4.69) is 27.4 Å². The van der Waals surface area contributed by atoms with Crippen LogP contribution < -0.4 is 10.1 Å². The molecule has 1 unspecified atom stereocenters. The van der Waals surface area contributed by atoms with Crippen LogP contribution in [-0.2, 0) is 12.8 Å². The van der Waals surface area contributed by atoms with Gasteiger partial charge >= 0.3 is 0 Å². The predicted molar refractivity (Wildman–Crippen MR) is 74.5 cm³/mol. The van der Waals surface area contributed by atoms with Gasteiger partial charge in [-0.05, 0) is 49.1 Å². The number of nitrogens with one attached hydrogen (secondary N) is 1. The molecular weight excluding hydrogens is 238 g/mol. The quantitative estimate of drug-likeness (QED) is 0.911. The van der Waals surface area contributed by atoms with E-state index < -0.39 is 0 Å². The molecule has 0 aliphatic heterocycles. The maximum Gasteiger partial charge on any atom is 0.222 e. The number of anilines is 1. The van der Waals surface area contributed by atoms with Gasteiger partial charge in [-0.25, -0.2) is 9.97 Å². The van der Waals surface area contributed by atoms with Gasteiger partial charge in [0, 0.05) is 18.4 Å². The van der Waals surface area contributed by atoms with Crippen molar-refractivity contribution < 1.29 is 4.74 Å². The van der Waals surface area contributed by atoms with Crippen LogP contribution in [0.3, 0.4) is 0 Å². The molecule has 98 valence electrons. The predicted octanol–water partition coefficient (Wildman–Crippen LogP) is 2.45. The summed E-state index contributed by atoms with van der Waals surface area (Å²) in [4.78, 5) is 8.41. The van der Waals surface area contributed by atoms with Gasteiger partial charge in [0.25, 0.3) is 0 Å². The minimum absolute atomic E-state index is 0.370. The lowest BCUT2D eigenvalue weighted by atomic mass is 10.1. The second-order valence-electron chi connectivity index (χ2n) is 4.69. The van der Waals surface area contributed by atoms with Crippen LogP contribution in [0.4, 0.5) is 5.95 Å². The Bertz CT molecular complexity index is 557. The number of rotatable bonds is 4. The lowest BCUT2D eigenvalue weighted by molar-refractivity contribution is 0.340. The molecule has 0 spiro atoms. The smallest absolute Gasteiger partial charge is 0.222 e. The standard InChI is InChI=1S/C15H17N3O/c1-2-19-14-5-4-11-8-13(9-12(11)10-14)18-15-16-6-3-7-17-15/h3-7,10,13H,2,8-9H2,1H3,(H,16,17,18). The zero-order chi connectivity index (χ0) is 13.1. The molecule has 3 rings (SSSR count). The Morgan fingerprint density at radius 2 is 2.00 bits per heavy atom. The number of aromatic nitrogens is 2. The van der Waals surface area contributed by atoms with Gasteiger partial charge in [-0.3, -0.25) is 0 Å². The number of benzene rings is 1. The lowest BCUT2D eigenvalue weighted by Crippen LogP contribution is -2.20. The third-order valence-corrected chi connectivity index (χ3v) is 3.32. The molecule has 0 saturated heterocycles. The van der Waals surface area contributed by atoms with E-state index in [1.165, 1.54) is 11.1 Å². The first kappa shape index (κ1) is 12.0. The molecule has 1 heterocycles. The van der Waals surface area contributed by atoms with Gasteiger partial charge in [0.1, 0.15) is 5.75 Å². The van der Waals surface area contributed by atoms with Gasteiger partial charge in [-0.1, -0.05) is 6.07 Å². The molecule has 4 nitrogen and oxygen atoms in total. The Kier molecular flexibility index (Phi) is 3.31. The zero-order valence-corrected chi connectivity index (χ0v) is 11.0. The maximum absolute atomic E-state index is 5.54. The first-order chi connectivity index (χ1) is 9.35. The first-order valence-corrected chi connectivity index (χ1v) is 6.63. The molecule has 19 heavy (non-hydrogen) atoms. The molecule has 4 heteroatoms. The van der Waals surface area contributed by atoms with Crippen LogP contribution in [0.2, 0.25) is 0 Å². The summed E-state index contributed by atoms with van der Waals surface area (Å²) >= 11 is 0. The van der Waals surface area contributed by atoms with Crippen molar-refractivity contribution in [2.75, 3.05) is 11.9 Å². The molecular formula is C15H17N3O. The Labute approximate surface area is 112 Å². The molecule has 1 aliphatic rings. The van der Waals surface area contributed by atoms with Gasteiger partial charge in [0.05, 0.1) is 6.61 Å². The fraction of sp³-hybridized carbons (Fsp3) is 0.333. The topological polar surface area (TPSA) is 47.0 Å². The van der Waals surface area contributed by atoms with Crippen molar-refractivity contribution in [2.24, 2.45) is 0 Å². The number of fused-ring (bicyclic) bond motifs is 1. The van der Waals surface area contributed by atoms with Crippen LogP contribution in [-0.4, -0.2) is 22.6 Å². The molecule has 1 aromatic carbocycles. The Balaban J connectivity index is 1.70. The van der Waals surface area contributed by atoms with Crippen molar-refractivity contribution >= 4 is 5.95 Å². The fourth-order valence-corrected chi connectivity index (χ4v) is 2.51. The molecule has 0 radical (unpaired) electrons. The average molecular weight is 255 g/mol. The van der Waals surface area contributed by atoms with Gasteiger partial charge in [0.2, 0.25) is 5.95 Å². The van der Waals surface area contributed by atoms with Crippen LogP contribution in [0.25, 0.3) is 0 Å². The van der Waals surface area contributed by atoms with E-state index in [4.69, 9.17) is 4.74 Å². The van der Waals surface area contributed by atoms with Crippen molar-refractivity contribution in [3.8, 4) is 5.75 Å². The molecule has 0 amide bonds. The van der Waals surface area contributed by atoms with Crippen LogP contribution in [0.15, 0.2) is 36.7 Å². The molecule has 2 aromatic rings. The summed E-state index contributed by atoms with van der Waals surface area (Å²) in [5.41, 5.74) is 2.75. The summed E-state index contributed by atoms with van der Waals surface area (Å²) in [5, 5.41) is 3.38. The SMILES string of the molecule is CCOc1ccc2c(c1)CC(Nc1ncccn1)C2. The highest BCUT2D eigenvalue weighted by Gasteiger charge is 2.22. The Morgan fingerprint density at radius 1 is 1.21 bits per heavy atom. The second-order valence-corrected chi connectivity index (χ2v) is 4.69. The lowest BCUT2D eigenvalue weighted by Gasteiger charge is -2.10. The minimum atomic E-state index is 0.370. The highest BCUT2D eigenvalue weighted by atomic mass is 16.5. The van der Waals surface area contributed by atoms with E-state index >= 15 is 0 Å². The third kappa shape index (κ3) is 2.67. The Hall–Kier alpha value is -2.10. The number of hydrogen-bond donors (Lipinski definition) is 1. The summed E-state index contributed by atoms with van der Waals surface area (Å²) in [5.74, 6) is 1.66. The van der Waals surface area contributed by atoms with Crippen LogP contribution in [0.1, 0.15) is 18.1 Å². The summed E-state index contributed by atoms with van der Waals surface area (Å²) in [7, 11) is 0. The van der Waals surface area contributed by atoms with E-state index in [0.29, 0.717) is 18.6 Å². The average Bonchev–Trinajstić information content (AvgIpc) is 2.82. The van der Waals surface area contributed by atoms with Gasteiger partial charge < -0.3 is 10.1 Å². The molecule has 1 aromatic heterocycles. The number of nitrogens with zero attached hydrogens (tertiary/aromatic N) is 2. The molecule has 0 saturated carbocycles. The first-order valence-electron chi connectivity index (χ1n) is 6.63. The van der Waals surface area contributed by atoms with Gasteiger partial charge in [-0.15, -0.1) is 0 Å². The van der Waals surface area contributed by atoms with E-state index in [0.717, 1.165) is 18.6 Å².